The molecule has 0 radical (unpaired) electrons. The number of hydrogen-bond donors (Lipinski definition) is 2. The van der Waals surface area contributed by atoms with Crippen molar-refractivity contribution in [1.82, 2.24) is 0 Å². The normalized spacial score (nSPS) is 21.3. The molecule has 1 fully saturated rings. The van der Waals surface area contributed by atoms with E-state index in [9.17, 15) is 9.59 Å². The average molecular weight is 349 g/mol. The third-order valence-electron chi connectivity index (χ3n) is 5.52. The van der Waals surface area contributed by atoms with Crippen LogP contribution in [-0.4, -0.2) is 11.8 Å². The van der Waals surface area contributed by atoms with Crippen LogP contribution in [0.3, 0.4) is 0 Å². The molecular weight excluding hydrogens is 320 g/mol. The predicted octanol–water partition coefficient (Wildman–Crippen LogP) is 4.27. The van der Waals surface area contributed by atoms with Crippen molar-refractivity contribution >= 4 is 28.2 Å². The molecule has 0 saturated heterocycles. The minimum Gasteiger partial charge on any atom is -0.365 e. The Balaban J connectivity index is 1.65. The highest BCUT2D eigenvalue weighted by Crippen LogP contribution is 2.39. The Morgan fingerprint density at radius 1 is 1.21 bits per heavy atom. The Morgan fingerprint density at radius 2 is 1.96 bits per heavy atom. The molecule has 2 amide bonds. The van der Waals surface area contributed by atoms with E-state index in [1.165, 1.54) is 37.0 Å². The molecule has 1 heterocycles. The third-order valence-corrected chi connectivity index (χ3v) is 6.69. The summed E-state index contributed by atoms with van der Waals surface area (Å²) < 4.78 is 0. The molecule has 3 N–H and O–H groups in total. The number of primary amides is 1. The number of anilines is 1. The first-order chi connectivity index (χ1) is 11.5. The summed E-state index contributed by atoms with van der Waals surface area (Å²) in [4.78, 5) is 25.5. The van der Waals surface area contributed by atoms with E-state index in [2.05, 4.69) is 12.2 Å². The van der Waals surface area contributed by atoms with Crippen LogP contribution in [0.4, 0.5) is 5.00 Å². The van der Waals surface area contributed by atoms with Crippen LogP contribution >= 0.6 is 11.3 Å². The zero-order chi connectivity index (χ0) is 17.1. The molecule has 4 nitrogen and oxygen atoms in total. The van der Waals surface area contributed by atoms with Crippen LogP contribution in [0.25, 0.3) is 0 Å². The van der Waals surface area contributed by atoms with Crippen molar-refractivity contribution in [3.63, 3.8) is 0 Å². The zero-order valence-corrected chi connectivity index (χ0v) is 15.3. The van der Waals surface area contributed by atoms with Crippen LogP contribution in [0, 0.1) is 11.8 Å². The van der Waals surface area contributed by atoms with Crippen LogP contribution in [-0.2, 0) is 17.6 Å². The molecule has 24 heavy (non-hydrogen) atoms. The minimum absolute atomic E-state index is 0.0229. The summed E-state index contributed by atoms with van der Waals surface area (Å²) in [6.45, 7) is 2.23. The number of nitrogens with one attached hydrogen (secondary N) is 1. The van der Waals surface area contributed by atoms with E-state index in [1.807, 2.05) is 0 Å². The molecule has 0 aromatic carbocycles. The maximum Gasteiger partial charge on any atom is 0.251 e. The first-order valence-corrected chi connectivity index (χ1v) is 10.1. The highest BCUT2D eigenvalue weighted by Gasteiger charge is 2.27. The first-order valence-electron chi connectivity index (χ1n) is 9.28. The van der Waals surface area contributed by atoms with Crippen molar-refractivity contribution in [2.24, 2.45) is 17.6 Å². The van der Waals surface area contributed by atoms with Gasteiger partial charge in [-0.3, -0.25) is 9.59 Å². The van der Waals surface area contributed by atoms with Crippen molar-refractivity contribution in [1.29, 1.82) is 0 Å². The Labute approximate surface area is 148 Å². The molecule has 2 aliphatic rings. The number of carbonyl (C=O) groups is 2. The number of carbonyl (C=O) groups excluding carboxylic acids is 2. The highest BCUT2D eigenvalue weighted by molar-refractivity contribution is 7.17. The predicted molar refractivity (Wildman–Crippen MR) is 98.5 cm³/mol. The summed E-state index contributed by atoms with van der Waals surface area (Å²) in [5, 5.41) is 3.66. The standard InChI is InChI=1S/C19H28N2O2S/c1-12-7-9-14-15(11-12)24-19(17(14)18(20)23)21-16(22)10-8-13-5-3-2-4-6-13/h12-13H,2-11H2,1H3,(H2,20,23)(H,21,22). The van der Waals surface area contributed by atoms with E-state index in [0.29, 0.717) is 28.8 Å². The molecule has 1 saturated carbocycles. The summed E-state index contributed by atoms with van der Waals surface area (Å²) in [5.41, 5.74) is 7.24. The fraction of sp³-hybridized carbons (Fsp3) is 0.684. The summed E-state index contributed by atoms with van der Waals surface area (Å²) in [6.07, 6.45) is 10.9. The fourth-order valence-electron chi connectivity index (χ4n) is 4.10. The number of fused-ring (bicyclic) bond motifs is 1. The van der Waals surface area contributed by atoms with E-state index in [0.717, 1.165) is 31.2 Å². The van der Waals surface area contributed by atoms with Crippen LogP contribution in [0.2, 0.25) is 0 Å². The SMILES string of the molecule is CC1CCc2c(sc(NC(=O)CCC3CCCCC3)c2C(N)=O)C1. The highest BCUT2D eigenvalue weighted by atomic mass is 32.1. The van der Waals surface area contributed by atoms with Crippen LogP contribution in [0.5, 0.6) is 0 Å². The van der Waals surface area contributed by atoms with Gasteiger partial charge < -0.3 is 11.1 Å². The van der Waals surface area contributed by atoms with Crippen molar-refractivity contribution in [3.05, 3.63) is 16.0 Å². The van der Waals surface area contributed by atoms with Gasteiger partial charge in [0.25, 0.3) is 5.91 Å². The lowest BCUT2D eigenvalue weighted by Crippen LogP contribution is -2.19. The monoisotopic (exact) mass is 348 g/mol. The number of thiophene rings is 1. The summed E-state index contributed by atoms with van der Waals surface area (Å²) in [5.74, 6) is 0.934. The Bertz CT molecular complexity index is 617. The smallest absolute Gasteiger partial charge is 0.251 e. The molecular formula is C19H28N2O2S. The molecule has 5 heteroatoms. The second kappa shape index (κ2) is 7.68. The summed E-state index contributed by atoms with van der Waals surface area (Å²) in [7, 11) is 0. The van der Waals surface area contributed by atoms with E-state index in [4.69, 9.17) is 5.73 Å². The molecule has 1 atom stereocenters. The Kier molecular flexibility index (Phi) is 5.59. The van der Waals surface area contributed by atoms with Crippen molar-refractivity contribution in [2.45, 2.75) is 71.1 Å². The van der Waals surface area contributed by atoms with E-state index in [-0.39, 0.29) is 5.91 Å². The van der Waals surface area contributed by atoms with Gasteiger partial charge in [-0.1, -0.05) is 39.0 Å². The first kappa shape index (κ1) is 17.5. The van der Waals surface area contributed by atoms with Gasteiger partial charge in [0.05, 0.1) is 5.56 Å². The van der Waals surface area contributed by atoms with E-state index < -0.39 is 5.91 Å². The van der Waals surface area contributed by atoms with Gasteiger partial charge in [0.2, 0.25) is 5.91 Å². The minimum atomic E-state index is -0.412. The number of amides is 2. The van der Waals surface area contributed by atoms with Gasteiger partial charge >= 0.3 is 0 Å². The van der Waals surface area contributed by atoms with Crippen LogP contribution < -0.4 is 11.1 Å². The molecule has 3 rings (SSSR count). The second-order valence-corrected chi connectivity index (χ2v) is 8.62. The molecule has 0 bridgehead atoms. The van der Waals surface area contributed by atoms with Gasteiger partial charge in [0.1, 0.15) is 5.00 Å². The number of hydrogen-bond acceptors (Lipinski definition) is 3. The maximum atomic E-state index is 12.4. The Morgan fingerprint density at radius 3 is 2.67 bits per heavy atom. The quantitative estimate of drug-likeness (QED) is 0.834. The maximum absolute atomic E-state index is 12.4. The largest absolute Gasteiger partial charge is 0.365 e. The lowest BCUT2D eigenvalue weighted by Gasteiger charge is -2.20. The van der Waals surface area contributed by atoms with E-state index in [1.54, 1.807) is 11.3 Å². The lowest BCUT2D eigenvalue weighted by molar-refractivity contribution is -0.116. The van der Waals surface area contributed by atoms with Crippen molar-refractivity contribution in [3.8, 4) is 0 Å². The van der Waals surface area contributed by atoms with Gasteiger partial charge in [0.15, 0.2) is 0 Å². The van der Waals surface area contributed by atoms with Crippen molar-refractivity contribution < 1.29 is 9.59 Å². The molecule has 132 valence electrons. The van der Waals surface area contributed by atoms with Gasteiger partial charge in [0, 0.05) is 11.3 Å². The zero-order valence-electron chi connectivity index (χ0n) is 14.5. The molecule has 1 unspecified atom stereocenters. The molecule has 1 aromatic rings. The van der Waals surface area contributed by atoms with Gasteiger partial charge in [-0.15, -0.1) is 11.3 Å². The lowest BCUT2D eigenvalue weighted by atomic mass is 9.86. The number of nitrogens with two attached hydrogens (primary N) is 1. The fourth-order valence-corrected chi connectivity index (χ4v) is 5.53. The molecule has 0 spiro atoms. The molecule has 2 aliphatic carbocycles. The average Bonchev–Trinajstić information content (AvgIpc) is 2.90. The number of rotatable bonds is 5. The summed E-state index contributed by atoms with van der Waals surface area (Å²) in [6, 6.07) is 0. The second-order valence-electron chi connectivity index (χ2n) is 7.51. The van der Waals surface area contributed by atoms with Gasteiger partial charge in [-0.05, 0) is 43.1 Å². The van der Waals surface area contributed by atoms with Crippen LogP contribution in [0.15, 0.2) is 0 Å². The topological polar surface area (TPSA) is 72.2 Å². The van der Waals surface area contributed by atoms with Crippen LogP contribution in [0.1, 0.15) is 79.1 Å². The van der Waals surface area contributed by atoms with Crippen molar-refractivity contribution in [2.75, 3.05) is 5.32 Å². The van der Waals surface area contributed by atoms with Gasteiger partial charge in [-0.2, -0.15) is 0 Å². The van der Waals surface area contributed by atoms with Gasteiger partial charge in [-0.25, -0.2) is 0 Å². The summed E-state index contributed by atoms with van der Waals surface area (Å²) >= 11 is 1.55. The third kappa shape index (κ3) is 4.00. The molecule has 1 aromatic heterocycles. The Hall–Kier alpha value is -1.36. The van der Waals surface area contributed by atoms with E-state index >= 15 is 0 Å². The molecule has 0 aliphatic heterocycles.